The highest BCUT2D eigenvalue weighted by molar-refractivity contribution is 7.07. The Bertz CT molecular complexity index is 566. The SMILES string of the molecule is Cc1csc(=O)n1CCN1CCC(C(=O)N2CCCC2)CC1. The van der Waals surface area contributed by atoms with Gasteiger partial charge in [-0.3, -0.25) is 9.59 Å². The number of hydrogen-bond acceptors (Lipinski definition) is 4. The molecule has 0 bridgehead atoms. The van der Waals surface area contributed by atoms with Crippen molar-refractivity contribution in [1.29, 1.82) is 0 Å². The number of carbonyl (C=O) groups excluding carboxylic acids is 1. The van der Waals surface area contributed by atoms with Gasteiger partial charge in [-0.2, -0.15) is 0 Å². The molecule has 0 spiro atoms. The first-order chi connectivity index (χ1) is 10.6. The van der Waals surface area contributed by atoms with Crippen LogP contribution in [0.15, 0.2) is 10.2 Å². The van der Waals surface area contributed by atoms with Crippen molar-refractivity contribution in [1.82, 2.24) is 14.4 Å². The molecule has 0 atom stereocenters. The van der Waals surface area contributed by atoms with Crippen LogP contribution in [0.2, 0.25) is 0 Å². The smallest absolute Gasteiger partial charge is 0.307 e. The largest absolute Gasteiger partial charge is 0.342 e. The van der Waals surface area contributed by atoms with E-state index >= 15 is 0 Å². The zero-order valence-corrected chi connectivity index (χ0v) is 14.1. The van der Waals surface area contributed by atoms with E-state index in [-0.39, 0.29) is 10.8 Å². The van der Waals surface area contributed by atoms with Crippen molar-refractivity contribution in [3.8, 4) is 0 Å². The summed E-state index contributed by atoms with van der Waals surface area (Å²) in [6.45, 7) is 7.52. The predicted octanol–water partition coefficient (Wildman–Crippen LogP) is 1.55. The Kier molecular flexibility index (Phi) is 4.98. The van der Waals surface area contributed by atoms with Crippen LogP contribution in [0.25, 0.3) is 0 Å². The summed E-state index contributed by atoms with van der Waals surface area (Å²) >= 11 is 1.27. The molecule has 3 heterocycles. The van der Waals surface area contributed by atoms with Gasteiger partial charge in [0.25, 0.3) is 0 Å². The van der Waals surface area contributed by atoms with Crippen LogP contribution in [0.4, 0.5) is 0 Å². The fourth-order valence-corrected chi connectivity index (χ4v) is 4.28. The van der Waals surface area contributed by atoms with E-state index in [0.717, 1.165) is 57.8 Å². The number of aryl methyl sites for hydroxylation is 1. The van der Waals surface area contributed by atoms with Crippen LogP contribution in [-0.4, -0.2) is 53.0 Å². The van der Waals surface area contributed by atoms with Crippen molar-refractivity contribution in [3.63, 3.8) is 0 Å². The van der Waals surface area contributed by atoms with E-state index in [1.165, 1.54) is 24.2 Å². The van der Waals surface area contributed by atoms with Gasteiger partial charge in [-0.25, -0.2) is 0 Å². The first kappa shape index (κ1) is 15.7. The van der Waals surface area contributed by atoms with Crippen LogP contribution in [0.1, 0.15) is 31.4 Å². The van der Waals surface area contributed by atoms with Crippen molar-refractivity contribution in [2.45, 2.75) is 39.2 Å². The van der Waals surface area contributed by atoms with Crippen molar-refractivity contribution in [3.05, 3.63) is 20.7 Å². The maximum atomic E-state index is 12.4. The van der Waals surface area contributed by atoms with Crippen LogP contribution in [0, 0.1) is 12.8 Å². The molecule has 22 heavy (non-hydrogen) atoms. The fraction of sp³-hybridized carbons (Fsp3) is 0.750. The second-order valence-electron chi connectivity index (χ2n) is 6.44. The minimum absolute atomic E-state index is 0.136. The summed E-state index contributed by atoms with van der Waals surface area (Å²) < 4.78 is 1.85. The Morgan fingerprint density at radius 2 is 1.86 bits per heavy atom. The summed E-state index contributed by atoms with van der Waals surface area (Å²) in [6.07, 6.45) is 4.26. The molecule has 0 aliphatic carbocycles. The van der Waals surface area contributed by atoms with Gasteiger partial charge in [-0.1, -0.05) is 11.3 Å². The molecule has 6 heteroatoms. The molecule has 0 saturated carbocycles. The highest BCUT2D eigenvalue weighted by Gasteiger charge is 2.29. The number of hydrogen-bond donors (Lipinski definition) is 0. The predicted molar refractivity (Wildman–Crippen MR) is 88.3 cm³/mol. The Hall–Kier alpha value is -1.14. The average molecular weight is 323 g/mol. The third kappa shape index (κ3) is 3.43. The molecule has 2 saturated heterocycles. The lowest BCUT2D eigenvalue weighted by Gasteiger charge is -2.33. The second kappa shape index (κ2) is 6.96. The zero-order chi connectivity index (χ0) is 15.5. The van der Waals surface area contributed by atoms with E-state index in [4.69, 9.17) is 0 Å². The van der Waals surface area contributed by atoms with Gasteiger partial charge in [-0.05, 0) is 45.7 Å². The Morgan fingerprint density at radius 3 is 2.45 bits per heavy atom. The monoisotopic (exact) mass is 323 g/mol. The summed E-state index contributed by atoms with van der Waals surface area (Å²) in [7, 11) is 0. The standard InChI is InChI=1S/C16H25N3O2S/c1-13-12-22-16(21)19(13)11-10-17-8-4-14(5-9-17)15(20)18-6-2-3-7-18/h12,14H,2-11H2,1H3. The number of carbonyl (C=O) groups is 1. The van der Waals surface area contributed by atoms with Gasteiger partial charge in [0.05, 0.1) is 0 Å². The van der Waals surface area contributed by atoms with E-state index in [1.54, 1.807) is 0 Å². The van der Waals surface area contributed by atoms with Gasteiger partial charge in [0.1, 0.15) is 0 Å². The van der Waals surface area contributed by atoms with Gasteiger partial charge in [-0.15, -0.1) is 0 Å². The van der Waals surface area contributed by atoms with Crippen molar-refractivity contribution in [2.24, 2.45) is 5.92 Å². The van der Waals surface area contributed by atoms with Gasteiger partial charge >= 0.3 is 4.87 Å². The first-order valence-corrected chi connectivity index (χ1v) is 9.19. The number of aromatic nitrogens is 1. The topological polar surface area (TPSA) is 45.6 Å². The molecule has 1 amide bonds. The molecule has 0 radical (unpaired) electrons. The Morgan fingerprint density at radius 1 is 1.18 bits per heavy atom. The number of nitrogens with zero attached hydrogens (tertiary/aromatic N) is 3. The summed E-state index contributed by atoms with van der Waals surface area (Å²) in [5, 5.41) is 1.92. The molecule has 0 N–H and O–H groups in total. The van der Waals surface area contributed by atoms with Gasteiger partial charge in [0.15, 0.2) is 0 Å². The summed E-state index contributed by atoms with van der Waals surface area (Å²) in [4.78, 5) is 28.7. The molecule has 2 aliphatic rings. The minimum atomic E-state index is 0.136. The van der Waals surface area contributed by atoms with Gasteiger partial charge < -0.3 is 14.4 Å². The van der Waals surface area contributed by atoms with Crippen LogP contribution in [0.5, 0.6) is 0 Å². The zero-order valence-electron chi connectivity index (χ0n) is 13.3. The number of amides is 1. The molecule has 122 valence electrons. The Balaban J connectivity index is 1.45. The molecule has 1 aromatic rings. The van der Waals surface area contributed by atoms with E-state index in [9.17, 15) is 9.59 Å². The maximum Gasteiger partial charge on any atom is 0.307 e. The molecule has 5 nitrogen and oxygen atoms in total. The first-order valence-electron chi connectivity index (χ1n) is 8.31. The van der Waals surface area contributed by atoms with Crippen LogP contribution in [0.3, 0.4) is 0 Å². The normalized spacial score (nSPS) is 20.7. The molecule has 0 unspecified atom stereocenters. The molecule has 2 aliphatic heterocycles. The van der Waals surface area contributed by atoms with Crippen molar-refractivity contribution in [2.75, 3.05) is 32.7 Å². The molecule has 1 aromatic heterocycles. The Labute approximate surface area is 135 Å². The fourth-order valence-electron chi connectivity index (χ4n) is 3.52. The van der Waals surface area contributed by atoms with Crippen molar-refractivity contribution >= 4 is 17.2 Å². The highest BCUT2D eigenvalue weighted by Crippen LogP contribution is 2.22. The van der Waals surface area contributed by atoms with E-state index < -0.39 is 0 Å². The molecular weight excluding hydrogens is 298 g/mol. The van der Waals surface area contributed by atoms with E-state index in [0.29, 0.717) is 5.91 Å². The lowest BCUT2D eigenvalue weighted by Crippen LogP contribution is -2.42. The van der Waals surface area contributed by atoms with E-state index in [2.05, 4.69) is 9.80 Å². The number of piperidine rings is 1. The minimum Gasteiger partial charge on any atom is -0.342 e. The molecule has 2 fully saturated rings. The van der Waals surface area contributed by atoms with Crippen molar-refractivity contribution < 1.29 is 4.79 Å². The highest BCUT2D eigenvalue weighted by atomic mass is 32.1. The quantitative estimate of drug-likeness (QED) is 0.844. The van der Waals surface area contributed by atoms with Crippen LogP contribution in [-0.2, 0) is 11.3 Å². The third-order valence-electron chi connectivity index (χ3n) is 4.97. The second-order valence-corrected chi connectivity index (χ2v) is 7.26. The molecular formula is C16H25N3O2S. The third-order valence-corrected chi connectivity index (χ3v) is 5.85. The number of thiazole rings is 1. The molecule has 0 aromatic carbocycles. The van der Waals surface area contributed by atoms with Gasteiger partial charge in [0.2, 0.25) is 5.91 Å². The summed E-state index contributed by atoms with van der Waals surface area (Å²) in [6, 6.07) is 0. The van der Waals surface area contributed by atoms with Crippen LogP contribution >= 0.6 is 11.3 Å². The molecule has 3 rings (SSSR count). The number of likely N-dealkylation sites (tertiary alicyclic amines) is 2. The average Bonchev–Trinajstić information content (AvgIpc) is 3.17. The van der Waals surface area contributed by atoms with Gasteiger partial charge in [0, 0.05) is 43.2 Å². The lowest BCUT2D eigenvalue weighted by atomic mass is 9.95. The number of rotatable bonds is 4. The van der Waals surface area contributed by atoms with E-state index in [1.807, 2.05) is 16.9 Å². The summed E-state index contributed by atoms with van der Waals surface area (Å²) in [5.41, 5.74) is 1.05. The van der Waals surface area contributed by atoms with Crippen LogP contribution < -0.4 is 4.87 Å². The summed E-state index contributed by atoms with van der Waals surface area (Å²) in [5.74, 6) is 0.599. The maximum absolute atomic E-state index is 12.4. The lowest BCUT2D eigenvalue weighted by molar-refractivity contribution is -0.135.